The van der Waals surface area contributed by atoms with Crippen LogP contribution in [0.25, 0.3) is 0 Å². The van der Waals surface area contributed by atoms with Gasteiger partial charge in [-0.2, -0.15) is 0 Å². The van der Waals surface area contributed by atoms with Crippen LogP contribution in [0.2, 0.25) is 0 Å². The van der Waals surface area contributed by atoms with Crippen LogP contribution in [0.5, 0.6) is 5.75 Å². The molecule has 0 fully saturated rings. The third kappa shape index (κ3) is 7.58. The van der Waals surface area contributed by atoms with Crippen molar-refractivity contribution < 1.29 is 28.2 Å². The number of thiazole rings is 1. The second-order valence-corrected chi connectivity index (χ2v) is 10.5. The molecular weight excluding hydrogens is 550 g/mol. The van der Waals surface area contributed by atoms with Gasteiger partial charge in [0.2, 0.25) is 0 Å². The number of benzene rings is 1. The fraction of sp³-hybridized carbons (Fsp3) is 0.500. The predicted octanol–water partition coefficient (Wildman–Crippen LogP) is 5.69. The molecule has 1 heterocycles. The Balaban J connectivity index is 2.17. The van der Waals surface area contributed by atoms with Crippen LogP contribution in [0.1, 0.15) is 50.0 Å². The van der Waals surface area contributed by atoms with Gasteiger partial charge < -0.3 is 14.2 Å². The van der Waals surface area contributed by atoms with Crippen molar-refractivity contribution in [3.05, 3.63) is 38.2 Å². The Labute approximate surface area is 205 Å². The Kier molecular flexibility index (Phi) is 9.26. The van der Waals surface area contributed by atoms with E-state index in [-0.39, 0.29) is 30.6 Å². The number of amides is 1. The lowest BCUT2D eigenvalue weighted by Crippen LogP contribution is -2.34. The summed E-state index contributed by atoms with van der Waals surface area (Å²) in [7, 11) is 1.54. The van der Waals surface area contributed by atoms with Crippen LogP contribution in [-0.4, -0.2) is 42.9 Å². The molecule has 0 bridgehead atoms. The van der Waals surface area contributed by atoms with Crippen molar-refractivity contribution in [3.8, 4) is 5.75 Å². The number of aromatic nitrogens is 1. The molecule has 2 aromatic rings. The van der Waals surface area contributed by atoms with Crippen molar-refractivity contribution in [1.82, 2.24) is 4.98 Å². The molecule has 0 aliphatic heterocycles. The molecule has 0 radical (unpaired) electrons. The summed E-state index contributed by atoms with van der Waals surface area (Å²) in [6.07, 6.45) is -0.126. The Bertz CT molecular complexity index is 960. The SMILES string of the molecule is CCOC(=O)c1nc(N(C)C(=O)OC(C)(C)C)sc1C[C@H](C)COc1ccc(I)cc1F. The normalized spacial score (nSPS) is 12.2. The summed E-state index contributed by atoms with van der Waals surface area (Å²) in [4.78, 5) is 31.1. The lowest BCUT2D eigenvalue weighted by Gasteiger charge is -2.23. The van der Waals surface area contributed by atoms with E-state index in [4.69, 9.17) is 14.2 Å². The van der Waals surface area contributed by atoms with E-state index in [0.717, 1.165) is 3.57 Å². The zero-order valence-electron chi connectivity index (χ0n) is 19.0. The Morgan fingerprint density at radius 1 is 1.31 bits per heavy atom. The van der Waals surface area contributed by atoms with Gasteiger partial charge in [-0.15, -0.1) is 11.3 Å². The van der Waals surface area contributed by atoms with Crippen LogP contribution >= 0.6 is 33.9 Å². The first-order chi connectivity index (χ1) is 14.9. The Morgan fingerprint density at radius 3 is 2.59 bits per heavy atom. The summed E-state index contributed by atoms with van der Waals surface area (Å²) >= 11 is 3.25. The lowest BCUT2D eigenvalue weighted by atomic mass is 10.1. The molecule has 0 spiro atoms. The smallest absolute Gasteiger partial charge is 0.416 e. The first-order valence-electron chi connectivity index (χ1n) is 10.1. The first kappa shape index (κ1) is 26.3. The van der Waals surface area contributed by atoms with Gasteiger partial charge in [-0.1, -0.05) is 6.92 Å². The van der Waals surface area contributed by atoms with Gasteiger partial charge in [-0.25, -0.2) is 19.0 Å². The average Bonchev–Trinajstić information content (AvgIpc) is 3.09. The van der Waals surface area contributed by atoms with Gasteiger partial charge in [0.25, 0.3) is 0 Å². The molecule has 2 rings (SSSR count). The van der Waals surface area contributed by atoms with Gasteiger partial charge in [0.1, 0.15) is 5.60 Å². The average molecular weight is 578 g/mol. The summed E-state index contributed by atoms with van der Waals surface area (Å²) in [6, 6.07) is 4.76. The number of hydrogen-bond donors (Lipinski definition) is 0. The zero-order chi connectivity index (χ0) is 24.1. The van der Waals surface area contributed by atoms with E-state index in [1.807, 2.05) is 29.5 Å². The van der Waals surface area contributed by atoms with Gasteiger partial charge in [0, 0.05) is 15.5 Å². The summed E-state index contributed by atoms with van der Waals surface area (Å²) in [5.41, 5.74) is -0.499. The van der Waals surface area contributed by atoms with E-state index in [1.165, 1.54) is 29.4 Å². The van der Waals surface area contributed by atoms with E-state index in [9.17, 15) is 14.0 Å². The minimum atomic E-state index is -0.661. The van der Waals surface area contributed by atoms with Gasteiger partial charge in [-0.3, -0.25) is 4.90 Å². The second kappa shape index (κ2) is 11.3. The third-order valence-electron chi connectivity index (χ3n) is 4.06. The molecular formula is C22H28FIN2O5S. The summed E-state index contributed by atoms with van der Waals surface area (Å²) in [5.74, 6) is -0.853. The molecule has 1 aromatic heterocycles. The zero-order valence-corrected chi connectivity index (χ0v) is 22.0. The van der Waals surface area contributed by atoms with E-state index in [2.05, 4.69) is 4.98 Å². The molecule has 0 saturated carbocycles. The monoisotopic (exact) mass is 578 g/mol. The van der Waals surface area contributed by atoms with Gasteiger partial charge >= 0.3 is 12.1 Å². The molecule has 0 unspecified atom stereocenters. The maximum atomic E-state index is 14.0. The predicted molar refractivity (Wildman–Crippen MR) is 130 cm³/mol. The minimum Gasteiger partial charge on any atom is -0.490 e. The highest BCUT2D eigenvalue weighted by Crippen LogP contribution is 2.30. The molecule has 1 atom stereocenters. The summed E-state index contributed by atoms with van der Waals surface area (Å²) in [6.45, 7) is 9.41. The van der Waals surface area contributed by atoms with Crippen LogP contribution in [0, 0.1) is 15.3 Å². The highest BCUT2D eigenvalue weighted by atomic mass is 127. The number of esters is 1. The Morgan fingerprint density at radius 2 is 2.00 bits per heavy atom. The molecule has 0 N–H and O–H groups in total. The molecule has 0 aliphatic carbocycles. The maximum absolute atomic E-state index is 14.0. The van der Waals surface area contributed by atoms with Crippen molar-refractivity contribution in [1.29, 1.82) is 0 Å². The third-order valence-corrected chi connectivity index (χ3v) is 5.89. The summed E-state index contributed by atoms with van der Waals surface area (Å²) in [5, 5.41) is 0.328. The van der Waals surface area contributed by atoms with Crippen LogP contribution < -0.4 is 9.64 Å². The van der Waals surface area contributed by atoms with Gasteiger partial charge in [-0.05, 0) is 80.8 Å². The highest BCUT2D eigenvalue weighted by molar-refractivity contribution is 14.1. The molecule has 0 aliphatic rings. The number of carbonyl (C=O) groups excluding carboxylic acids is 2. The number of rotatable bonds is 8. The van der Waals surface area contributed by atoms with Crippen molar-refractivity contribution in [3.63, 3.8) is 0 Å². The van der Waals surface area contributed by atoms with Gasteiger partial charge in [0.05, 0.1) is 13.2 Å². The number of anilines is 1. The number of carbonyl (C=O) groups is 2. The van der Waals surface area contributed by atoms with E-state index in [0.29, 0.717) is 16.4 Å². The topological polar surface area (TPSA) is 78.0 Å². The molecule has 1 aromatic carbocycles. The first-order valence-corrected chi connectivity index (χ1v) is 12.0. The number of nitrogens with zero attached hydrogens (tertiary/aromatic N) is 2. The molecule has 32 heavy (non-hydrogen) atoms. The van der Waals surface area contributed by atoms with Gasteiger partial charge in [0.15, 0.2) is 22.4 Å². The quantitative estimate of drug-likeness (QED) is 0.296. The van der Waals surface area contributed by atoms with Crippen LogP contribution in [0.3, 0.4) is 0 Å². The molecule has 10 heteroatoms. The molecule has 0 saturated heterocycles. The standard InChI is InChI=1S/C22H28FIN2O5S/c1-7-29-19(27)18-17(32-20(25-18)26(6)21(28)31-22(3,4)5)10-13(2)12-30-16-9-8-14(24)11-15(16)23/h8-9,11,13H,7,10,12H2,1-6H3/t13-/m0/s1. The highest BCUT2D eigenvalue weighted by Gasteiger charge is 2.27. The van der Waals surface area contributed by atoms with Crippen LogP contribution in [0.15, 0.2) is 18.2 Å². The minimum absolute atomic E-state index is 0.0537. The summed E-state index contributed by atoms with van der Waals surface area (Å²) < 4.78 is 30.9. The number of halogens is 2. The van der Waals surface area contributed by atoms with E-state index < -0.39 is 23.5 Å². The molecule has 176 valence electrons. The van der Waals surface area contributed by atoms with Crippen LogP contribution in [-0.2, 0) is 15.9 Å². The number of hydrogen-bond acceptors (Lipinski definition) is 7. The van der Waals surface area contributed by atoms with E-state index in [1.54, 1.807) is 39.8 Å². The van der Waals surface area contributed by atoms with Crippen molar-refractivity contribution in [2.45, 2.75) is 46.6 Å². The molecule has 7 nitrogen and oxygen atoms in total. The number of ether oxygens (including phenoxy) is 3. The molecule has 1 amide bonds. The Hall–Kier alpha value is -1.95. The van der Waals surface area contributed by atoms with Crippen LogP contribution in [0.4, 0.5) is 14.3 Å². The fourth-order valence-electron chi connectivity index (χ4n) is 2.59. The van der Waals surface area contributed by atoms with Crippen molar-refractivity contribution in [2.75, 3.05) is 25.2 Å². The lowest BCUT2D eigenvalue weighted by molar-refractivity contribution is 0.0515. The van der Waals surface area contributed by atoms with Crippen molar-refractivity contribution >= 4 is 51.1 Å². The fourth-order valence-corrected chi connectivity index (χ4v) is 4.20. The maximum Gasteiger partial charge on any atom is 0.416 e. The van der Waals surface area contributed by atoms with E-state index >= 15 is 0 Å². The van der Waals surface area contributed by atoms with Crippen molar-refractivity contribution in [2.24, 2.45) is 5.92 Å². The second-order valence-electron chi connectivity index (χ2n) is 8.22. The largest absolute Gasteiger partial charge is 0.490 e.